The number of allylic oxidation sites excluding steroid dienone is 1. The minimum absolute atomic E-state index is 0.0673. The Morgan fingerprint density at radius 3 is 2.38 bits per heavy atom. The summed E-state index contributed by atoms with van der Waals surface area (Å²) in [5, 5.41) is 9.09. The molecule has 1 fully saturated rings. The molecule has 6 rings (SSSR count). The van der Waals surface area contributed by atoms with Crippen molar-refractivity contribution in [3.63, 3.8) is 0 Å². The van der Waals surface area contributed by atoms with Crippen LogP contribution in [0.5, 0.6) is 23.0 Å². The van der Waals surface area contributed by atoms with Gasteiger partial charge in [-0.05, 0) is 54.3 Å². The first kappa shape index (κ1) is 25.8. The molecular formula is C29H34N2O8. The van der Waals surface area contributed by atoms with E-state index >= 15 is 0 Å². The third-order valence-corrected chi connectivity index (χ3v) is 7.45. The standard InChI is InChI=1S/C29H34N2O8/c32-11-1-2-12-34-28-16-22(21-4-6-24-26(14-21)38-19-36-24)15-27(39-28)29(33)31-9-7-30(8-10-31)17-20-3-5-23-25(13-20)37-18-35-23/h3-6,13-15,22,28,32H,1-2,7-12,16-19H2/t22-,28+/m0/s1. The normalized spacial score (nSPS) is 22.0. The number of hydrogen-bond acceptors (Lipinski definition) is 9. The smallest absolute Gasteiger partial charge is 0.288 e. The molecule has 0 radical (unpaired) electrons. The van der Waals surface area contributed by atoms with E-state index in [2.05, 4.69) is 11.0 Å². The van der Waals surface area contributed by atoms with Crippen molar-refractivity contribution in [2.45, 2.75) is 38.0 Å². The first-order chi connectivity index (χ1) is 19.2. The number of aliphatic hydroxyl groups excluding tert-OH is 1. The van der Waals surface area contributed by atoms with Crippen molar-refractivity contribution in [3.8, 4) is 23.0 Å². The summed E-state index contributed by atoms with van der Waals surface area (Å²) >= 11 is 0. The number of carbonyl (C=O) groups excluding carboxylic acids is 1. The number of aliphatic hydroxyl groups is 1. The minimum Gasteiger partial charge on any atom is -0.459 e. The Bertz CT molecular complexity index is 1210. The molecule has 0 aromatic heterocycles. The summed E-state index contributed by atoms with van der Waals surface area (Å²) in [7, 11) is 0. The van der Waals surface area contributed by atoms with Gasteiger partial charge in [0.25, 0.3) is 5.91 Å². The van der Waals surface area contributed by atoms with E-state index in [1.54, 1.807) is 0 Å². The predicted molar refractivity (Wildman–Crippen MR) is 140 cm³/mol. The van der Waals surface area contributed by atoms with Crippen molar-refractivity contribution < 1.29 is 38.3 Å². The van der Waals surface area contributed by atoms with Crippen LogP contribution >= 0.6 is 0 Å². The van der Waals surface area contributed by atoms with Gasteiger partial charge in [-0.1, -0.05) is 12.1 Å². The second kappa shape index (κ2) is 11.7. The van der Waals surface area contributed by atoms with E-state index in [0.29, 0.717) is 44.0 Å². The molecule has 1 amide bonds. The van der Waals surface area contributed by atoms with Gasteiger partial charge in [-0.25, -0.2) is 0 Å². The highest BCUT2D eigenvalue weighted by Gasteiger charge is 2.33. The Balaban J connectivity index is 1.10. The second-order valence-corrected chi connectivity index (χ2v) is 10.1. The molecule has 0 saturated carbocycles. The fourth-order valence-electron chi connectivity index (χ4n) is 5.28. The molecule has 39 heavy (non-hydrogen) atoms. The van der Waals surface area contributed by atoms with Crippen molar-refractivity contribution in [2.24, 2.45) is 0 Å². The Labute approximate surface area is 227 Å². The summed E-state index contributed by atoms with van der Waals surface area (Å²) < 4.78 is 34.0. The van der Waals surface area contributed by atoms with Crippen LogP contribution in [0.15, 0.2) is 48.2 Å². The van der Waals surface area contributed by atoms with Crippen LogP contribution in [0.3, 0.4) is 0 Å². The average Bonchev–Trinajstić information content (AvgIpc) is 3.64. The first-order valence-electron chi connectivity index (χ1n) is 13.6. The zero-order valence-corrected chi connectivity index (χ0v) is 21.9. The molecule has 4 heterocycles. The van der Waals surface area contributed by atoms with E-state index in [-0.39, 0.29) is 32.0 Å². The highest BCUT2D eigenvalue weighted by atomic mass is 16.7. The highest BCUT2D eigenvalue weighted by molar-refractivity contribution is 5.92. The quantitative estimate of drug-likeness (QED) is 0.483. The Morgan fingerprint density at radius 2 is 1.62 bits per heavy atom. The van der Waals surface area contributed by atoms with Crippen LogP contribution in [0.1, 0.15) is 36.3 Å². The van der Waals surface area contributed by atoms with Gasteiger partial charge in [0, 0.05) is 51.7 Å². The highest BCUT2D eigenvalue weighted by Crippen LogP contribution is 2.39. The topological polar surface area (TPSA) is 99.2 Å². The van der Waals surface area contributed by atoms with Gasteiger partial charge in [0.2, 0.25) is 19.9 Å². The summed E-state index contributed by atoms with van der Waals surface area (Å²) in [6.07, 6.45) is 3.33. The maximum Gasteiger partial charge on any atom is 0.288 e. The Hall–Kier alpha value is -3.47. The van der Waals surface area contributed by atoms with Crippen LogP contribution < -0.4 is 18.9 Å². The number of ether oxygens (including phenoxy) is 6. The molecule has 4 aliphatic rings. The van der Waals surface area contributed by atoms with Crippen LogP contribution in [0, 0.1) is 0 Å². The average molecular weight is 539 g/mol. The number of unbranched alkanes of at least 4 members (excludes halogenated alkanes) is 1. The molecule has 2 atom stereocenters. The van der Waals surface area contributed by atoms with E-state index in [9.17, 15) is 4.79 Å². The largest absolute Gasteiger partial charge is 0.459 e. The Kier molecular flexibility index (Phi) is 7.76. The molecule has 0 unspecified atom stereocenters. The van der Waals surface area contributed by atoms with Crippen LogP contribution in [0.4, 0.5) is 0 Å². The molecule has 4 aliphatic heterocycles. The number of carbonyl (C=O) groups is 1. The van der Waals surface area contributed by atoms with Crippen molar-refractivity contribution in [2.75, 3.05) is 53.0 Å². The van der Waals surface area contributed by atoms with E-state index < -0.39 is 6.29 Å². The molecule has 1 saturated heterocycles. The van der Waals surface area contributed by atoms with E-state index in [1.807, 2.05) is 41.3 Å². The lowest BCUT2D eigenvalue weighted by Gasteiger charge is -2.36. The van der Waals surface area contributed by atoms with Gasteiger partial charge in [0.15, 0.2) is 28.8 Å². The van der Waals surface area contributed by atoms with Crippen LogP contribution in [0.25, 0.3) is 0 Å². The fraction of sp³-hybridized carbons (Fsp3) is 0.483. The van der Waals surface area contributed by atoms with Gasteiger partial charge >= 0.3 is 0 Å². The summed E-state index contributed by atoms with van der Waals surface area (Å²) in [6.45, 7) is 4.60. The SMILES string of the molecule is O=C(C1=C[C@H](c2ccc3c(c2)OCO3)C[C@H](OCCCCO)O1)N1CCN(Cc2ccc3c(c2)OCO3)CC1. The molecule has 0 bridgehead atoms. The number of rotatable bonds is 9. The van der Waals surface area contributed by atoms with E-state index in [1.165, 1.54) is 0 Å². The molecule has 2 aromatic carbocycles. The molecular weight excluding hydrogens is 504 g/mol. The van der Waals surface area contributed by atoms with Gasteiger partial charge in [-0.3, -0.25) is 9.69 Å². The fourth-order valence-corrected chi connectivity index (χ4v) is 5.28. The Morgan fingerprint density at radius 1 is 0.897 bits per heavy atom. The van der Waals surface area contributed by atoms with E-state index in [4.69, 9.17) is 33.5 Å². The van der Waals surface area contributed by atoms with Gasteiger partial charge in [0.1, 0.15) is 0 Å². The summed E-state index contributed by atoms with van der Waals surface area (Å²) in [6, 6.07) is 11.9. The third-order valence-electron chi connectivity index (χ3n) is 7.45. The maximum atomic E-state index is 13.6. The molecule has 208 valence electrons. The summed E-state index contributed by atoms with van der Waals surface area (Å²) in [5.41, 5.74) is 2.18. The third kappa shape index (κ3) is 5.93. The predicted octanol–water partition coefficient (Wildman–Crippen LogP) is 2.99. The lowest BCUT2D eigenvalue weighted by molar-refractivity contribution is -0.154. The minimum atomic E-state index is -0.546. The number of piperazine rings is 1. The van der Waals surface area contributed by atoms with Gasteiger partial charge in [-0.2, -0.15) is 0 Å². The van der Waals surface area contributed by atoms with Crippen molar-refractivity contribution in [1.82, 2.24) is 9.80 Å². The van der Waals surface area contributed by atoms with Crippen LogP contribution in [-0.4, -0.2) is 80.1 Å². The number of benzene rings is 2. The first-order valence-corrected chi connectivity index (χ1v) is 13.6. The lowest BCUT2D eigenvalue weighted by Crippen LogP contribution is -2.49. The second-order valence-electron chi connectivity index (χ2n) is 10.1. The maximum absolute atomic E-state index is 13.6. The monoisotopic (exact) mass is 538 g/mol. The van der Waals surface area contributed by atoms with Gasteiger partial charge < -0.3 is 38.4 Å². The zero-order chi connectivity index (χ0) is 26.6. The number of hydrogen-bond donors (Lipinski definition) is 1. The molecule has 1 N–H and O–H groups in total. The zero-order valence-electron chi connectivity index (χ0n) is 21.9. The van der Waals surface area contributed by atoms with Crippen LogP contribution in [0.2, 0.25) is 0 Å². The number of nitrogens with zero attached hydrogens (tertiary/aromatic N) is 2. The van der Waals surface area contributed by atoms with Crippen LogP contribution in [-0.2, 0) is 20.8 Å². The number of fused-ring (bicyclic) bond motifs is 2. The molecule has 2 aromatic rings. The van der Waals surface area contributed by atoms with Crippen molar-refractivity contribution in [3.05, 3.63) is 59.4 Å². The molecule has 0 spiro atoms. The lowest BCUT2D eigenvalue weighted by atomic mass is 9.92. The number of amides is 1. The molecule has 10 nitrogen and oxygen atoms in total. The van der Waals surface area contributed by atoms with Crippen molar-refractivity contribution in [1.29, 1.82) is 0 Å². The van der Waals surface area contributed by atoms with Gasteiger partial charge in [0.05, 0.1) is 6.61 Å². The van der Waals surface area contributed by atoms with Gasteiger partial charge in [-0.15, -0.1) is 0 Å². The molecule has 0 aliphatic carbocycles. The van der Waals surface area contributed by atoms with Crippen molar-refractivity contribution >= 4 is 5.91 Å². The van der Waals surface area contributed by atoms with E-state index in [0.717, 1.165) is 54.4 Å². The molecule has 10 heteroatoms. The summed E-state index contributed by atoms with van der Waals surface area (Å²) in [4.78, 5) is 17.8. The summed E-state index contributed by atoms with van der Waals surface area (Å²) in [5.74, 6) is 3.13.